The lowest BCUT2D eigenvalue weighted by atomic mass is 10.1. The molecule has 0 aliphatic heterocycles. The van der Waals surface area contributed by atoms with Gasteiger partial charge in [-0.15, -0.1) is 0 Å². The number of methoxy groups -OCH3 is 1. The van der Waals surface area contributed by atoms with Gasteiger partial charge in [0.15, 0.2) is 0 Å². The van der Waals surface area contributed by atoms with Crippen LogP contribution in [0, 0.1) is 6.92 Å². The van der Waals surface area contributed by atoms with Crippen LogP contribution in [0.2, 0.25) is 0 Å². The van der Waals surface area contributed by atoms with Crippen LogP contribution in [0.3, 0.4) is 0 Å². The van der Waals surface area contributed by atoms with Gasteiger partial charge in [-0.3, -0.25) is 4.79 Å². The first-order valence-corrected chi connectivity index (χ1v) is 4.67. The molecule has 0 saturated heterocycles. The van der Waals surface area contributed by atoms with Crippen LogP contribution in [-0.2, 0) is 17.9 Å². The van der Waals surface area contributed by atoms with Gasteiger partial charge in [-0.05, 0) is 18.6 Å². The Morgan fingerprint density at radius 1 is 1.56 bits per heavy atom. The first-order valence-electron chi connectivity index (χ1n) is 4.67. The quantitative estimate of drug-likeness (QED) is 0.421. The highest BCUT2D eigenvalue weighted by Gasteiger charge is 2.11. The number of nitrogen functional groups attached to an aromatic ring is 1. The van der Waals surface area contributed by atoms with Gasteiger partial charge in [0.1, 0.15) is 0 Å². The summed E-state index contributed by atoms with van der Waals surface area (Å²) in [6.45, 7) is 2.17. The lowest BCUT2D eigenvalue weighted by Gasteiger charge is -2.10. The third kappa shape index (κ3) is 2.37. The van der Waals surface area contributed by atoms with Crippen molar-refractivity contribution in [1.29, 1.82) is 0 Å². The van der Waals surface area contributed by atoms with E-state index in [-0.39, 0.29) is 12.1 Å². The molecule has 0 spiro atoms. The van der Waals surface area contributed by atoms with E-state index in [1.807, 2.05) is 0 Å². The molecule has 0 atom stereocenters. The van der Waals surface area contributed by atoms with Gasteiger partial charge in [0, 0.05) is 18.4 Å². The molecule has 88 valence electrons. The standard InChI is InChI=1S/C9H15N5O2/c1-6-3-7(5-16-2)8(4-12-13-10)9(15)14(6)11/h3H,4-5,11H2,1-2H3,(H2,10,12). The number of pyridine rings is 1. The van der Waals surface area contributed by atoms with Crippen LogP contribution in [0.15, 0.2) is 21.2 Å². The number of aryl methyl sites for hydroxylation is 1. The van der Waals surface area contributed by atoms with Gasteiger partial charge in [-0.25, -0.2) is 4.68 Å². The van der Waals surface area contributed by atoms with E-state index in [1.54, 1.807) is 20.1 Å². The second kappa shape index (κ2) is 5.26. The van der Waals surface area contributed by atoms with E-state index in [0.717, 1.165) is 10.2 Å². The van der Waals surface area contributed by atoms with Crippen LogP contribution in [0.4, 0.5) is 0 Å². The van der Waals surface area contributed by atoms with Gasteiger partial charge in [0.2, 0.25) is 0 Å². The van der Waals surface area contributed by atoms with E-state index in [9.17, 15) is 4.79 Å². The first kappa shape index (κ1) is 12.2. The van der Waals surface area contributed by atoms with Crippen LogP contribution in [0.5, 0.6) is 0 Å². The molecular formula is C9H15N5O2. The maximum absolute atomic E-state index is 11.8. The highest BCUT2D eigenvalue weighted by atomic mass is 16.5. The molecule has 1 aromatic heterocycles. The van der Waals surface area contributed by atoms with Crippen molar-refractivity contribution in [2.24, 2.45) is 16.2 Å². The zero-order valence-electron chi connectivity index (χ0n) is 9.30. The Morgan fingerprint density at radius 3 is 2.81 bits per heavy atom. The van der Waals surface area contributed by atoms with Gasteiger partial charge in [0.25, 0.3) is 5.56 Å². The summed E-state index contributed by atoms with van der Waals surface area (Å²) >= 11 is 0. The van der Waals surface area contributed by atoms with Crippen molar-refractivity contribution in [2.45, 2.75) is 20.1 Å². The third-order valence-electron chi connectivity index (χ3n) is 2.24. The predicted octanol–water partition coefficient (Wildman–Crippen LogP) is -0.157. The topological polar surface area (TPSA) is 108 Å². The van der Waals surface area contributed by atoms with Crippen LogP contribution < -0.4 is 17.2 Å². The molecule has 1 rings (SSSR count). The largest absolute Gasteiger partial charge is 0.380 e. The minimum atomic E-state index is -0.306. The highest BCUT2D eigenvalue weighted by molar-refractivity contribution is 5.27. The summed E-state index contributed by atoms with van der Waals surface area (Å²) in [5, 5.41) is 6.72. The Hall–Kier alpha value is -1.89. The Balaban J connectivity index is 3.29. The lowest BCUT2D eigenvalue weighted by Crippen LogP contribution is -2.32. The third-order valence-corrected chi connectivity index (χ3v) is 2.24. The monoisotopic (exact) mass is 225 g/mol. The fraction of sp³-hybridized carbons (Fsp3) is 0.444. The fourth-order valence-corrected chi connectivity index (χ4v) is 1.42. The summed E-state index contributed by atoms with van der Waals surface area (Å²) in [6, 6.07) is 1.78. The molecule has 0 aliphatic carbocycles. The highest BCUT2D eigenvalue weighted by Crippen LogP contribution is 2.09. The van der Waals surface area contributed by atoms with Crippen molar-refractivity contribution < 1.29 is 4.74 Å². The lowest BCUT2D eigenvalue weighted by molar-refractivity contribution is 0.183. The van der Waals surface area contributed by atoms with E-state index in [1.165, 1.54) is 0 Å². The van der Waals surface area contributed by atoms with Crippen molar-refractivity contribution in [2.75, 3.05) is 13.0 Å². The molecule has 0 fully saturated rings. The number of aromatic nitrogens is 1. The second-order valence-corrected chi connectivity index (χ2v) is 3.31. The van der Waals surface area contributed by atoms with Crippen molar-refractivity contribution in [3.8, 4) is 0 Å². The van der Waals surface area contributed by atoms with Crippen LogP contribution in [0.1, 0.15) is 16.8 Å². The maximum atomic E-state index is 11.8. The Kier molecular flexibility index (Phi) is 4.01. The summed E-state index contributed by atoms with van der Waals surface area (Å²) < 4.78 is 6.08. The summed E-state index contributed by atoms with van der Waals surface area (Å²) in [4.78, 5) is 11.8. The van der Waals surface area contributed by atoms with Crippen molar-refractivity contribution >= 4 is 0 Å². The molecule has 4 N–H and O–H groups in total. The summed E-state index contributed by atoms with van der Waals surface area (Å²) in [5.41, 5.74) is 1.55. The normalized spacial score (nSPS) is 11.1. The molecule has 1 heterocycles. The van der Waals surface area contributed by atoms with Gasteiger partial charge in [-0.1, -0.05) is 5.22 Å². The summed E-state index contributed by atoms with van der Waals surface area (Å²) in [5.74, 6) is 10.5. The maximum Gasteiger partial charge on any atom is 0.274 e. The van der Waals surface area contributed by atoms with Gasteiger partial charge in [-0.2, -0.15) is 5.11 Å². The second-order valence-electron chi connectivity index (χ2n) is 3.31. The Labute approximate surface area is 92.7 Å². The van der Waals surface area contributed by atoms with Crippen molar-refractivity contribution in [3.63, 3.8) is 0 Å². The average molecular weight is 225 g/mol. The van der Waals surface area contributed by atoms with E-state index in [4.69, 9.17) is 16.4 Å². The zero-order valence-corrected chi connectivity index (χ0v) is 9.30. The smallest absolute Gasteiger partial charge is 0.274 e. The SMILES string of the molecule is COCc1cc(C)n(N)c(=O)c1CN=NN. The van der Waals surface area contributed by atoms with E-state index in [0.29, 0.717) is 17.9 Å². The average Bonchev–Trinajstić information content (AvgIpc) is 2.26. The first-order chi connectivity index (χ1) is 7.61. The van der Waals surface area contributed by atoms with E-state index < -0.39 is 0 Å². The molecule has 0 unspecified atom stereocenters. The van der Waals surface area contributed by atoms with Gasteiger partial charge >= 0.3 is 0 Å². The summed E-state index contributed by atoms with van der Waals surface area (Å²) in [7, 11) is 1.55. The molecular weight excluding hydrogens is 210 g/mol. The molecule has 7 nitrogen and oxygen atoms in total. The number of ether oxygens (including phenoxy) is 1. The number of hydrogen-bond donors (Lipinski definition) is 2. The Morgan fingerprint density at radius 2 is 2.25 bits per heavy atom. The minimum Gasteiger partial charge on any atom is -0.380 e. The minimum absolute atomic E-state index is 0.103. The molecule has 16 heavy (non-hydrogen) atoms. The molecule has 0 aromatic carbocycles. The van der Waals surface area contributed by atoms with E-state index in [2.05, 4.69) is 10.3 Å². The summed E-state index contributed by atoms with van der Waals surface area (Å²) in [6.07, 6.45) is 0. The van der Waals surface area contributed by atoms with Gasteiger partial charge < -0.3 is 16.4 Å². The molecule has 1 aromatic rings. The Bertz CT molecular complexity index is 452. The zero-order chi connectivity index (χ0) is 12.1. The molecule has 0 aliphatic rings. The fourth-order valence-electron chi connectivity index (χ4n) is 1.42. The van der Waals surface area contributed by atoms with Crippen LogP contribution in [0.25, 0.3) is 0 Å². The molecule has 0 radical (unpaired) electrons. The van der Waals surface area contributed by atoms with Crippen LogP contribution in [-0.4, -0.2) is 11.8 Å². The number of hydrogen-bond acceptors (Lipinski definition) is 5. The molecule has 0 amide bonds. The molecule has 0 bridgehead atoms. The molecule has 0 saturated carbocycles. The van der Waals surface area contributed by atoms with Gasteiger partial charge in [0.05, 0.1) is 13.2 Å². The predicted molar refractivity (Wildman–Crippen MR) is 59.0 cm³/mol. The molecule has 7 heteroatoms. The number of nitrogens with two attached hydrogens (primary N) is 2. The van der Waals surface area contributed by atoms with Crippen LogP contribution >= 0.6 is 0 Å². The van der Waals surface area contributed by atoms with E-state index >= 15 is 0 Å². The number of nitrogens with zero attached hydrogens (tertiary/aromatic N) is 3. The van der Waals surface area contributed by atoms with Crippen molar-refractivity contribution in [1.82, 2.24) is 4.68 Å². The van der Waals surface area contributed by atoms with Crippen molar-refractivity contribution in [3.05, 3.63) is 33.2 Å². The number of rotatable bonds is 4.